The first-order valence-corrected chi connectivity index (χ1v) is 8.51. The van der Waals surface area contributed by atoms with Crippen LogP contribution >= 0.6 is 11.6 Å². The Labute approximate surface area is 144 Å². The summed E-state index contributed by atoms with van der Waals surface area (Å²) in [5.74, 6) is 1.60. The summed E-state index contributed by atoms with van der Waals surface area (Å²) >= 11 is 6.25. The molecule has 0 aliphatic rings. The van der Waals surface area contributed by atoms with Gasteiger partial charge in [0.05, 0.1) is 7.11 Å². The Morgan fingerprint density at radius 3 is 2.74 bits per heavy atom. The Bertz CT molecular complexity index is 481. The van der Waals surface area contributed by atoms with Crippen molar-refractivity contribution in [3.63, 3.8) is 0 Å². The molecule has 130 valence electrons. The Kier molecular flexibility index (Phi) is 10.2. The monoisotopic (exact) mass is 341 g/mol. The van der Waals surface area contributed by atoms with Crippen molar-refractivity contribution in [2.45, 2.75) is 26.7 Å². The van der Waals surface area contributed by atoms with Crippen LogP contribution in [0.25, 0.3) is 0 Å². The van der Waals surface area contributed by atoms with Crippen molar-refractivity contribution in [1.82, 2.24) is 10.6 Å². The van der Waals surface area contributed by atoms with Crippen LogP contribution in [0.1, 0.15) is 25.8 Å². The summed E-state index contributed by atoms with van der Waals surface area (Å²) in [5, 5.41) is 7.29. The van der Waals surface area contributed by atoms with Crippen LogP contribution in [0.2, 0.25) is 5.02 Å². The molecule has 0 heterocycles. The number of methoxy groups -OCH3 is 1. The maximum atomic E-state index is 6.25. The highest BCUT2D eigenvalue weighted by Crippen LogP contribution is 2.22. The van der Waals surface area contributed by atoms with E-state index in [0.717, 1.165) is 68.0 Å². The van der Waals surface area contributed by atoms with Crippen LogP contribution in [0.4, 0.5) is 0 Å². The van der Waals surface area contributed by atoms with Crippen LogP contribution in [0.15, 0.2) is 23.2 Å². The van der Waals surface area contributed by atoms with E-state index in [1.54, 1.807) is 7.11 Å². The molecule has 0 unspecified atom stereocenters. The fourth-order valence-corrected chi connectivity index (χ4v) is 2.28. The van der Waals surface area contributed by atoms with Gasteiger partial charge in [0.1, 0.15) is 5.75 Å². The molecule has 1 rings (SSSR count). The highest BCUT2D eigenvalue weighted by atomic mass is 35.5. The van der Waals surface area contributed by atoms with Gasteiger partial charge < -0.3 is 20.1 Å². The first kappa shape index (κ1) is 19.6. The SMILES string of the molecule is CCNC(=NCCCOCC)NCCc1ccc(OC)cc1Cl. The Balaban J connectivity index is 2.41. The molecule has 0 bridgehead atoms. The molecule has 5 nitrogen and oxygen atoms in total. The predicted octanol–water partition coefficient (Wildman–Crippen LogP) is 2.87. The van der Waals surface area contributed by atoms with E-state index in [2.05, 4.69) is 22.5 Å². The summed E-state index contributed by atoms with van der Waals surface area (Å²) < 4.78 is 10.5. The second-order valence-electron chi connectivity index (χ2n) is 4.95. The third-order valence-electron chi connectivity index (χ3n) is 3.21. The molecule has 0 aliphatic heterocycles. The van der Waals surface area contributed by atoms with Crippen LogP contribution in [-0.2, 0) is 11.2 Å². The lowest BCUT2D eigenvalue weighted by Crippen LogP contribution is -2.38. The zero-order valence-electron chi connectivity index (χ0n) is 14.3. The van der Waals surface area contributed by atoms with Gasteiger partial charge in [0, 0.05) is 37.9 Å². The number of halogens is 1. The first-order valence-electron chi connectivity index (χ1n) is 8.13. The summed E-state index contributed by atoms with van der Waals surface area (Å²) in [7, 11) is 1.64. The summed E-state index contributed by atoms with van der Waals surface area (Å²) in [6, 6.07) is 5.76. The molecule has 0 saturated heterocycles. The number of hydrogen-bond donors (Lipinski definition) is 2. The van der Waals surface area contributed by atoms with E-state index in [9.17, 15) is 0 Å². The number of hydrogen-bond acceptors (Lipinski definition) is 3. The van der Waals surface area contributed by atoms with Gasteiger partial charge in [-0.2, -0.15) is 0 Å². The standard InChI is InChI=1S/C17H28ClN3O2/c1-4-19-17(20-10-6-12-23-5-2)21-11-9-14-7-8-15(22-3)13-16(14)18/h7-8,13H,4-6,9-12H2,1-3H3,(H2,19,20,21). The summed E-state index contributed by atoms with van der Waals surface area (Å²) in [4.78, 5) is 4.53. The zero-order valence-corrected chi connectivity index (χ0v) is 15.1. The largest absolute Gasteiger partial charge is 0.497 e. The van der Waals surface area contributed by atoms with Gasteiger partial charge in [-0.25, -0.2) is 0 Å². The van der Waals surface area contributed by atoms with Crippen LogP contribution in [0, 0.1) is 0 Å². The molecule has 2 N–H and O–H groups in total. The van der Waals surface area contributed by atoms with Crippen LogP contribution < -0.4 is 15.4 Å². The van der Waals surface area contributed by atoms with Crippen molar-refractivity contribution < 1.29 is 9.47 Å². The average molecular weight is 342 g/mol. The minimum atomic E-state index is 0.727. The van der Waals surface area contributed by atoms with Crippen LogP contribution in [0.5, 0.6) is 5.75 Å². The van der Waals surface area contributed by atoms with E-state index in [0.29, 0.717) is 0 Å². The van der Waals surface area contributed by atoms with Gasteiger partial charge in [0.15, 0.2) is 5.96 Å². The Morgan fingerprint density at radius 2 is 2.09 bits per heavy atom. The number of nitrogens with zero attached hydrogens (tertiary/aromatic N) is 1. The van der Waals surface area contributed by atoms with Gasteiger partial charge in [-0.3, -0.25) is 4.99 Å². The van der Waals surface area contributed by atoms with Crippen molar-refractivity contribution in [1.29, 1.82) is 0 Å². The lowest BCUT2D eigenvalue weighted by atomic mass is 10.1. The van der Waals surface area contributed by atoms with Gasteiger partial charge in [-0.1, -0.05) is 17.7 Å². The normalized spacial score (nSPS) is 11.4. The summed E-state index contributed by atoms with van der Waals surface area (Å²) in [6.45, 7) is 7.91. The Morgan fingerprint density at radius 1 is 1.26 bits per heavy atom. The molecule has 0 aliphatic carbocycles. The molecule has 0 saturated carbocycles. The van der Waals surface area contributed by atoms with Crippen LogP contribution in [-0.4, -0.2) is 45.9 Å². The van der Waals surface area contributed by atoms with Crippen molar-refractivity contribution in [3.05, 3.63) is 28.8 Å². The van der Waals surface area contributed by atoms with E-state index in [-0.39, 0.29) is 0 Å². The zero-order chi connectivity index (χ0) is 16.9. The van der Waals surface area contributed by atoms with Gasteiger partial charge in [-0.05, 0) is 44.4 Å². The number of aliphatic imine (C=N–C) groups is 1. The molecule has 0 spiro atoms. The van der Waals surface area contributed by atoms with E-state index in [1.807, 2.05) is 25.1 Å². The molecule has 0 aromatic heterocycles. The van der Waals surface area contributed by atoms with E-state index >= 15 is 0 Å². The third kappa shape index (κ3) is 8.09. The topological polar surface area (TPSA) is 54.9 Å². The molecule has 0 radical (unpaired) electrons. The van der Waals surface area contributed by atoms with Gasteiger partial charge in [-0.15, -0.1) is 0 Å². The first-order chi connectivity index (χ1) is 11.2. The second kappa shape index (κ2) is 12.0. The third-order valence-corrected chi connectivity index (χ3v) is 3.56. The number of guanidine groups is 1. The van der Waals surface area contributed by atoms with Crippen molar-refractivity contribution >= 4 is 17.6 Å². The highest BCUT2D eigenvalue weighted by Gasteiger charge is 2.03. The number of nitrogens with one attached hydrogen (secondary N) is 2. The quantitative estimate of drug-likeness (QED) is 0.390. The number of ether oxygens (including phenoxy) is 2. The lowest BCUT2D eigenvalue weighted by Gasteiger charge is -2.12. The minimum absolute atomic E-state index is 0.727. The molecule has 0 atom stereocenters. The molecular formula is C17H28ClN3O2. The van der Waals surface area contributed by atoms with Gasteiger partial charge in [0.2, 0.25) is 0 Å². The maximum Gasteiger partial charge on any atom is 0.191 e. The molecule has 0 fully saturated rings. The fraction of sp³-hybridized carbons (Fsp3) is 0.588. The second-order valence-corrected chi connectivity index (χ2v) is 5.35. The van der Waals surface area contributed by atoms with Gasteiger partial charge >= 0.3 is 0 Å². The van der Waals surface area contributed by atoms with E-state index in [4.69, 9.17) is 21.1 Å². The smallest absolute Gasteiger partial charge is 0.191 e. The minimum Gasteiger partial charge on any atom is -0.497 e. The van der Waals surface area contributed by atoms with Crippen molar-refractivity contribution in [2.24, 2.45) is 4.99 Å². The van der Waals surface area contributed by atoms with E-state index < -0.39 is 0 Å². The summed E-state index contributed by atoms with van der Waals surface area (Å²) in [6.07, 6.45) is 1.75. The maximum absolute atomic E-state index is 6.25. The predicted molar refractivity (Wildman–Crippen MR) is 96.8 cm³/mol. The molecule has 23 heavy (non-hydrogen) atoms. The lowest BCUT2D eigenvalue weighted by molar-refractivity contribution is 0.146. The number of rotatable bonds is 10. The molecular weight excluding hydrogens is 314 g/mol. The molecule has 1 aromatic rings. The molecule has 6 heteroatoms. The van der Waals surface area contributed by atoms with Gasteiger partial charge in [0.25, 0.3) is 0 Å². The van der Waals surface area contributed by atoms with Crippen molar-refractivity contribution in [3.8, 4) is 5.75 Å². The number of benzene rings is 1. The average Bonchev–Trinajstić information content (AvgIpc) is 2.56. The van der Waals surface area contributed by atoms with Crippen molar-refractivity contribution in [2.75, 3.05) is 40.0 Å². The molecule has 1 aromatic carbocycles. The molecule has 0 amide bonds. The highest BCUT2D eigenvalue weighted by molar-refractivity contribution is 6.31. The Hall–Kier alpha value is -1.46. The van der Waals surface area contributed by atoms with Crippen LogP contribution in [0.3, 0.4) is 0 Å². The fourth-order valence-electron chi connectivity index (χ4n) is 2.02. The summed E-state index contributed by atoms with van der Waals surface area (Å²) in [5.41, 5.74) is 1.09. The van der Waals surface area contributed by atoms with E-state index in [1.165, 1.54) is 0 Å².